The van der Waals surface area contributed by atoms with Crippen molar-refractivity contribution in [1.82, 2.24) is 9.62 Å². The second-order valence-electron chi connectivity index (χ2n) is 5.64. The molecule has 0 spiro atoms. The first-order chi connectivity index (χ1) is 10.2. The van der Waals surface area contributed by atoms with Gasteiger partial charge in [0, 0.05) is 13.1 Å². The fourth-order valence-electron chi connectivity index (χ4n) is 3.04. The maximum absolute atomic E-state index is 12.9. The van der Waals surface area contributed by atoms with Gasteiger partial charge in [-0.3, -0.25) is 0 Å². The topological polar surface area (TPSA) is 49.4 Å². The van der Waals surface area contributed by atoms with E-state index in [2.05, 4.69) is 5.32 Å². The highest BCUT2D eigenvalue weighted by Gasteiger charge is 2.42. The SMILES string of the molecule is Cl.O=S(=O)(c1ccc(Cl)c(C(F)(F)F)c1)N1C[C@H]2CNC[C@H]2C1. The minimum absolute atomic E-state index is 0. The van der Waals surface area contributed by atoms with Gasteiger partial charge >= 0.3 is 6.18 Å². The second kappa shape index (κ2) is 6.40. The van der Waals surface area contributed by atoms with Crippen molar-refractivity contribution in [1.29, 1.82) is 0 Å². The van der Waals surface area contributed by atoms with E-state index in [9.17, 15) is 21.6 Å². The fourth-order valence-corrected chi connectivity index (χ4v) is 4.84. The van der Waals surface area contributed by atoms with Crippen LogP contribution in [-0.2, 0) is 16.2 Å². The van der Waals surface area contributed by atoms with Crippen molar-refractivity contribution in [3.8, 4) is 0 Å². The van der Waals surface area contributed by atoms with Gasteiger partial charge in [0.05, 0.1) is 15.5 Å². The number of halogens is 5. The number of alkyl halides is 3. The molecule has 2 aliphatic rings. The summed E-state index contributed by atoms with van der Waals surface area (Å²) in [5.74, 6) is 0.452. The molecule has 0 amide bonds. The highest BCUT2D eigenvalue weighted by molar-refractivity contribution is 7.89. The van der Waals surface area contributed by atoms with Gasteiger partial charge in [-0.15, -0.1) is 12.4 Å². The first-order valence-corrected chi connectivity index (χ1v) is 8.59. The summed E-state index contributed by atoms with van der Waals surface area (Å²) >= 11 is 5.53. The average molecular weight is 391 g/mol. The van der Waals surface area contributed by atoms with Crippen molar-refractivity contribution in [2.24, 2.45) is 11.8 Å². The standard InChI is InChI=1S/C13H14ClF3N2O2S.ClH/c14-12-2-1-10(3-11(12)13(15,16)17)22(20,21)19-6-8-4-18-5-9(8)7-19;/h1-3,8-9,18H,4-7H2;1H/t8-,9+;. The molecule has 0 unspecified atom stereocenters. The number of nitrogens with zero attached hydrogens (tertiary/aromatic N) is 1. The van der Waals surface area contributed by atoms with Gasteiger partial charge in [0.2, 0.25) is 10.0 Å². The normalized spacial score (nSPS) is 25.2. The zero-order valence-corrected chi connectivity index (χ0v) is 14.2. The van der Waals surface area contributed by atoms with Gasteiger partial charge in [-0.25, -0.2) is 8.42 Å². The lowest BCUT2D eigenvalue weighted by Gasteiger charge is -2.18. The van der Waals surface area contributed by atoms with Crippen LogP contribution in [-0.4, -0.2) is 38.9 Å². The highest BCUT2D eigenvalue weighted by Crippen LogP contribution is 2.37. The Morgan fingerprint density at radius 1 is 1.17 bits per heavy atom. The Morgan fingerprint density at radius 3 is 2.26 bits per heavy atom. The van der Waals surface area contributed by atoms with E-state index in [0.29, 0.717) is 19.2 Å². The number of sulfonamides is 1. The van der Waals surface area contributed by atoms with Gasteiger partial charge < -0.3 is 5.32 Å². The van der Waals surface area contributed by atoms with Crippen LogP contribution in [0.3, 0.4) is 0 Å². The Hall–Kier alpha value is -0.540. The minimum atomic E-state index is -4.69. The molecule has 0 radical (unpaired) electrons. The largest absolute Gasteiger partial charge is 0.417 e. The maximum Gasteiger partial charge on any atom is 0.417 e. The molecule has 1 aromatic rings. The van der Waals surface area contributed by atoms with Gasteiger partial charge in [-0.1, -0.05) is 11.6 Å². The quantitative estimate of drug-likeness (QED) is 0.844. The number of hydrogen-bond donors (Lipinski definition) is 1. The van der Waals surface area contributed by atoms with Crippen molar-refractivity contribution >= 4 is 34.0 Å². The van der Waals surface area contributed by atoms with Crippen molar-refractivity contribution in [3.63, 3.8) is 0 Å². The maximum atomic E-state index is 12.9. The van der Waals surface area contributed by atoms with Crippen LogP contribution in [0, 0.1) is 11.8 Å². The summed E-state index contributed by atoms with van der Waals surface area (Å²) < 4.78 is 65.0. The lowest BCUT2D eigenvalue weighted by molar-refractivity contribution is -0.137. The van der Waals surface area contributed by atoms with Crippen LogP contribution < -0.4 is 5.32 Å². The van der Waals surface area contributed by atoms with E-state index in [4.69, 9.17) is 11.6 Å². The molecule has 2 heterocycles. The summed E-state index contributed by atoms with van der Waals surface area (Å²) in [6, 6.07) is 2.72. The summed E-state index contributed by atoms with van der Waals surface area (Å²) in [5.41, 5.74) is -1.13. The molecule has 0 aliphatic carbocycles. The van der Waals surface area contributed by atoms with Crippen molar-refractivity contribution in [2.45, 2.75) is 11.1 Å². The molecule has 23 heavy (non-hydrogen) atoms. The number of benzene rings is 1. The van der Waals surface area contributed by atoms with Gasteiger partial charge in [0.25, 0.3) is 0 Å². The molecule has 2 atom stereocenters. The van der Waals surface area contributed by atoms with Crippen LogP contribution in [0.15, 0.2) is 23.1 Å². The zero-order chi connectivity index (χ0) is 16.1. The summed E-state index contributed by atoms with van der Waals surface area (Å²) in [7, 11) is -3.93. The molecule has 130 valence electrons. The Bertz CT molecular complexity index is 685. The number of nitrogens with one attached hydrogen (secondary N) is 1. The molecule has 0 bridgehead atoms. The van der Waals surface area contributed by atoms with E-state index in [1.54, 1.807) is 0 Å². The average Bonchev–Trinajstić information content (AvgIpc) is 2.98. The molecule has 3 rings (SSSR count). The monoisotopic (exact) mass is 390 g/mol. The predicted octanol–water partition coefficient (Wildman–Crippen LogP) is 2.62. The first-order valence-electron chi connectivity index (χ1n) is 6.77. The molecule has 0 aromatic heterocycles. The number of hydrogen-bond acceptors (Lipinski definition) is 3. The Kier molecular flexibility index (Phi) is 5.23. The van der Waals surface area contributed by atoms with Crippen LogP contribution in [0.5, 0.6) is 0 Å². The van der Waals surface area contributed by atoms with Crippen LogP contribution in [0.2, 0.25) is 5.02 Å². The lowest BCUT2D eigenvalue weighted by Crippen LogP contribution is -2.32. The Balaban J connectivity index is 0.00000192. The van der Waals surface area contributed by atoms with E-state index in [1.165, 1.54) is 4.31 Å². The van der Waals surface area contributed by atoms with Crippen LogP contribution in [0.25, 0.3) is 0 Å². The van der Waals surface area contributed by atoms with Gasteiger partial charge in [0.1, 0.15) is 0 Å². The van der Waals surface area contributed by atoms with Crippen LogP contribution >= 0.6 is 24.0 Å². The van der Waals surface area contributed by atoms with E-state index in [1.807, 2.05) is 0 Å². The number of fused-ring (bicyclic) bond motifs is 1. The third-order valence-electron chi connectivity index (χ3n) is 4.24. The van der Waals surface area contributed by atoms with Crippen molar-refractivity contribution in [2.75, 3.05) is 26.2 Å². The second-order valence-corrected chi connectivity index (χ2v) is 7.98. The summed E-state index contributed by atoms with van der Waals surface area (Å²) in [5, 5.41) is 2.68. The third-order valence-corrected chi connectivity index (χ3v) is 6.39. The summed E-state index contributed by atoms with van der Waals surface area (Å²) in [4.78, 5) is -0.364. The Labute approximate surface area is 143 Å². The highest BCUT2D eigenvalue weighted by atomic mass is 35.5. The van der Waals surface area contributed by atoms with Crippen molar-refractivity contribution in [3.05, 3.63) is 28.8 Å². The fraction of sp³-hybridized carbons (Fsp3) is 0.538. The molecule has 1 aromatic carbocycles. The summed E-state index contributed by atoms with van der Waals surface area (Å²) in [6.45, 7) is 2.16. The van der Waals surface area contributed by atoms with Gasteiger partial charge in [-0.05, 0) is 43.1 Å². The van der Waals surface area contributed by atoms with E-state index in [-0.39, 0.29) is 29.1 Å². The van der Waals surface area contributed by atoms with Crippen molar-refractivity contribution < 1.29 is 21.6 Å². The molecule has 0 saturated carbocycles. The summed E-state index contributed by atoms with van der Waals surface area (Å²) in [6.07, 6.45) is -4.69. The smallest absolute Gasteiger partial charge is 0.316 e. The van der Waals surface area contributed by atoms with Gasteiger partial charge in [-0.2, -0.15) is 17.5 Å². The predicted molar refractivity (Wildman–Crippen MR) is 82.3 cm³/mol. The Morgan fingerprint density at radius 2 is 1.74 bits per heavy atom. The number of rotatable bonds is 2. The molecule has 2 fully saturated rings. The lowest BCUT2D eigenvalue weighted by atomic mass is 10.0. The molecular formula is C13H15Cl2F3N2O2S. The van der Waals surface area contributed by atoms with Crippen LogP contribution in [0.1, 0.15) is 5.56 Å². The zero-order valence-electron chi connectivity index (χ0n) is 11.8. The first kappa shape index (κ1) is 18.8. The molecule has 4 nitrogen and oxygen atoms in total. The minimum Gasteiger partial charge on any atom is -0.316 e. The van der Waals surface area contributed by atoms with E-state index in [0.717, 1.165) is 25.2 Å². The van der Waals surface area contributed by atoms with E-state index < -0.39 is 26.8 Å². The molecule has 10 heteroatoms. The van der Waals surface area contributed by atoms with E-state index >= 15 is 0 Å². The van der Waals surface area contributed by atoms with Gasteiger partial charge in [0.15, 0.2) is 0 Å². The van der Waals surface area contributed by atoms with Crippen LogP contribution in [0.4, 0.5) is 13.2 Å². The molecule has 2 saturated heterocycles. The third kappa shape index (κ3) is 3.46. The molecule has 1 N–H and O–H groups in total. The molecular weight excluding hydrogens is 376 g/mol. The molecule has 2 aliphatic heterocycles.